The molecular weight excluding hydrogens is 2020 g/mol. The summed E-state index contributed by atoms with van der Waals surface area (Å²) in [6.45, 7) is -5.78. The zero-order valence-electron chi connectivity index (χ0n) is 81.0. The molecule has 11 fully saturated rings. The van der Waals surface area contributed by atoms with E-state index in [0.29, 0.717) is 0 Å². The summed E-state index contributed by atoms with van der Waals surface area (Å²) in [5.41, 5.74) is -4.65. The van der Waals surface area contributed by atoms with Crippen LogP contribution in [-0.4, -0.2) is 599 Å². The van der Waals surface area contributed by atoms with Crippen LogP contribution in [0.5, 0.6) is 0 Å². The quantitative estimate of drug-likeness (QED) is 0.0199. The number of nitrogens with one attached hydrogen (secondary N) is 4. The summed E-state index contributed by atoms with van der Waals surface area (Å²) in [6.07, 6.45) is -98.9. The molecule has 0 spiro atoms. The summed E-state index contributed by atoms with van der Waals surface area (Å²) >= 11 is 0. The van der Waals surface area contributed by atoms with Gasteiger partial charge in [0.2, 0.25) is 23.6 Å². The van der Waals surface area contributed by atoms with Gasteiger partial charge >= 0.3 is 11.9 Å². The average Bonchev–Trinajstić information content (AvgIpc) is 0.743. The summed E-state index contributed by atoms with van der Waals surface area (Å²) in [5.74, 6) is -12.2. The fourth-order valence-corrected chi connectivity index (χ4v) is 20.0. The van der Waals surface area contributed by atoms with Crippen LogP contribution < -0.4 is 21.3 Å². The van der Waals surface area contributed by atoms with E-state index in [1.165, 1.54) is 13.8 Å². The molecule has 23 unspecified atom stereocenters. The van der Waals surface area contributed by atoms with Crippen molar-refractivity contribution < 1.29 is 291 Å². The fourth-order valence-electron chi connectivity index (χ4n) is 20.0. The van der Waals surface area contributed by atoms with Gasteiger partial charge in [-0.3, -0.25) is 28.8 Å². The van der Waals surface area contributed by atoms with Crippen molar-refractivity contribution in [2.75, 3.05) is 85.9 Å². The SMILES string of the molecule is CC(=O)NC1C(O)[C@H](O[C@@H]2OC(CO[C@]3(OC=O)C[C@@H](O)[C@@H](C)C(CO)(C(O)CO)O3)[C@H](O)[C@H](O)C2O)[C@H](CO)O[C@H]1OC1[C@@H](OCC2O[C@@H](O[C@@H]3C(CO)O[C@@H](O[C@@H]4C(CO)O[C@@H](C(C)C)C(NC(C)=O)[C@H]4O)C(NC(C)=O)[C@H]3O)C(O)[C@@H](O[C@H]3OC(CO)[C@@H](O)C(O)C3O[C@@H]3OC(CO)[C@@H](O[C@@H]4OC(CO[C@]5(OC=O)C[C@@H](O)[C@@H](C)C(CO)(C(O)CO)O5)[C@H](O)[C@H](O)C4O)[C@H](O)C3NC(C)=O)[C@@H]2O)OC(CO)[C@@H](O)[C@@H]1O. The maximum atomic E-state index is 13.3. The molecule has 34 N–H and O–H groups in total. The summed E-state index contributed by atoms with van der Waals surface area (Å²) in [5, 5.41) is 351. The smallest absolute Gasteiger partial charge is 0.332 e. The van der Waals surface area contributed by atoms with E-state index >= 15 is 0 Å². The van der Waals surface area contributed by atoms with Gasteiger partial charge in [0.1, 0.15) is 237 Å². The second-order valence-electron chi connectivity index (χ2n) is 38.5. The molecule has 0 saturated carbocycles. The topological polar surface area (TPSA) is 970 Å². The van der Waals surface area contributed by atoms with Crippen LogP contribution in [0, 0.1) is 17.8 Å². The Morgan fingerprint density at radius 3 is 0.932 bits per heavy atom. The molecule has 11 saturated heterocycles. The zero-order valence-corrected chi connectivity index (χ0v) is 81.0. The van der Waals surface area contributed by atoms with E-state index in [1.54, 1.807) is 13.8 Å². The first-order chi connectivity index (χ1) is 69.9. The van der Waals surface area contributed by atoms with Gasteiger partial charge < -0.3 is 283 Å². The zero-order chi connectivity index (χ0) is 109. The Balaban J connectivity index is 0.896. The number of aliphatic hydroxyl groups is 30. The van der Waals surface area contributed by atoms with Gasteiger partial charge in [-0.05, 0) is 5.92 Å². The molecule has 0 bridgehead atoms. The number of carbonyl (C=O) groups is 6. The van der Waals surface area contributed by atoms with Crippen LogP contribution in [0.1, 0.15) is 68.2 Å². The lowest BCUT2D eigenvalue weighted by Crippen LogP contribution is -2.71. The summed E-state index contributed by atoms with van der Waals surface area (Å²) < 4.78 is 137. The van der Waals surface area contributed by atoms with Gasteiger partial charge in [-0.25, -0.2) is 0 Å². The highest BCUT2D eigenvalue weighted by Gasteiger charge is 2.66. The van der Waals surface area contributed by atoms with Crippen LogP contribution in [0.15, 0.2) is 0 Å². The highest BCUT2D eigenvalue weighted by molar-refractivity contribution is 5.74. The Morgan fingerprint density at radius 2 is 0.601 bits per heavy atom. The van der Waals surface area contributed by atoms with Crippen molar-refractivity contribution in [3.05, 3.63) is 0 Å². The first-order valence-electron chi connectivity index (χ1n) is 47.7. The number of rotatable bonds is 44. The second kappa shape index (κ2) is 52.8. The third kappa shape index (κ3) is 26.2. The normalized spacial score (nSPS) is 47.6. The molecule has 856 valence electrons. The molecule has 11 heterocycles. The summed E-state index contributed by atoms with van der Waals surface area (Å²) in [4.78, 5) is 76.5. The number of hydrogen-bond donors (Lipinski definition) is 34. The molecule has 148 heavy (non-hydrogen) atoms. The molecular formula is C85H142N4O59. The van der Waals surface area contributed by atoms with E-state index in [4.69, 9.17) is 109 Å². The molecule has 55 atom stereocenters. The van der Waals surface area contributed by atoms with Crippen LogP contribution in [-0.2, 0) is 138 Å². The van der Waals surface area contributed by atoms with Crippen LogP contribution in [0.3, 0.4) is 0 Å². The third-order valence-corrected chi connectivity index (χ3v) is 28.4. The Morgan fingerprint density at radius 1 is 0.318 bits per heavy atom. The maximum absolute atomic E-state index is 13.3. The Kier molecular flexibility index (Phi) is 43.8. The van der Waals surface area contributed by atoms with Gasteiger partial charge in [0.15, 0.2) is 50.3 Å². The van der Waals surface area contributed by atoms with Crippen molar-refractivity contribution >= 4 is 36.6 Å². The molecule has 11 rings (SSSR count). The number of aliphatic hydroxyl groups excluding tert-OH is 30. The average molecular weight is 2160 g/mol. The van der Waals surface area contributed by atoms with E-state index < -0.39 is 464 Å². The number of ether oxygens (including phenoxy) is 23. The van der Waals surface area contributed by atoms with E-state index in [-0.39, 0.29) is 12.9 Å². The van der Waals surface area contributed by atoms with Crippen molar-refractivity contribution in [2.45, 2.75) is 392 Å². The molecule has 0 aromatic rings. The molecule has 63 heteroatoms. The van der Waals surface area contributed by atoms with Crippen LogP contribution in [0.4, 0.5) is 0 Å². The van der Waals surface area contributed by atoms with Crippen LogP contribution in [0.25, 0.3) is 0 Å². The van der Waals surface area contributed by atoms with E-state index in [0.717, 1.165) is 27.7 Å². The molecule has 4 amide bonds. The monoisotopic (exact) mass is 2160 g/mol. The van der Waals surface area contributed by atoms with Crippen molar-refractivity contribution in [3.63, 3.8) is 0 Å². The minimum absolute atomic E-state index is 0.228. The highest BCUT2D eigenvalue weighted by Crippen LogP contribution is 2.48. The van der Waals surface area contributed by atoms with Gasteiger partial charge in [0, 0.05) is 39.5 Å². The van der Waals surface area contributed by atoms with E-state index in [9.17, 15) is 182 Å². The van der Waals surface area contributed by atoms with E-state index in [2.05, 4.69) is 21.3 Å². The third-order valence-electron chi connectivity index (χ3n) is 28.4. The first kappa shape index (κ1) is 123. The van der Waals surface area contributed by atoms with Gasteiger partial charge in [0.05, 0.1) is 123 Å². The van der Waals surface area contributed by atoms with Crippen molar-refractivity contribution in [1.29, 1.82) is 0 Å². The van der Waals surface area contributed by atoms with E-state index in [1.807, 2.05) is 0 Å². The minimum atomic E-state index is -2.80. The molecule has 11 aliphatic heterocycles. The minimum Gasteiger partial charge on any atom is -0.410 e. The Labute approximate surface area is 841 Å². The molecule has 63 nitrogen and oxygen atoms in total. The highest BCUT2D eigenvalue weighted by atomic mass is 16.9. The predicted octanol–water partition coefficient (Wildman–Crippen LogP) is -21.6. The van der Waals surface area contributed by atoms with Gasteiger partial charge in [-0.2, -0.15) is 0 Å². The lowest BCUT2D eigenvalue weighted by atomic mass is 9.77. The Hall–Kier alpha value is -5.22. The Bertz CT molecular complexity index is 4170. The van der Waals surface area contributed by atoms with Crippen molar-refractivity contribution in [3.8, 4) is 0 Å². The summed E-state index contributed by atoms with van der Waals surface area (Å²) in [7, 11) is 0. The lowest BCUT2D eigenvalue weighted by Gasteiger charge is -2.52. The van der Waals surface area contributed by atoms with Gasteiger partial charge in [-0.1, -0.05) is 27.7 Å². The first-order valence-corrected chi connectivity index (χ1v) is 47.7. The maximum Gasteiger partial charge on any atom is 0.332 e. The second-order valence-corrected chi connectivity index (χ2v) is 38.5. The van der Waals surface area contributed by atoms with Gasteiger partial charge in [-0.15, -0.1) is 0 Å². The fraction of sp³-hybridized carbons (Fsp3) is 0.929. The number of carbonyl (C=O) groups excluding carboxylic acids is 6. The standard InChI is InChI=1S/C85H142N4O59/c1-26(2)66-46(86-29(5)102)55(115)67(37(13-92)131-66)140-74-47(87-30(6)103)56(116)70(40(16-95)134-74)143-79-65(125)71(144-81-73(62(122)51(111)36(12-91)133-81)146-76-49(89-32(8)105)58(118)69(39(15-94)136-76)142-78-64(124)60(120)53(113)43(139-78)21-128-85(130-25-101)10-34(107)28(4)83(23-99,148-85)45(109)18-97)54(114)41(137-79)19-126-80-72(61(121)50(110)35(11-90)132-80)145-75-48(88-31(7)104)57(117)68(38(14-93)135-75)141-77-63(123)59(119)52(112)42(138-77)20-127-84(129-24-100)9-33(106)27(3)82(22-98,147-84)44(108)17-96/h24-28,33-81,90-99,106-125H,9-23H2,1-8H3,(H,86,102)(H,87,103)(H,88,104)(H,89,105)/t27-,28-,33-,34-,35?,36?,37?,38+,39?,40?,41?,42?,43?,44?,45?,46?,47?,48?,49?,50-,51-,52+,53+,54-,55-,56-,57?,58-,59+,60+,61+,62?,63?,64?,65?,66+,67-,68-,69-,70-,71+,72?,73?,74+,75+,76+,77+,78+,79+,80+,81-,82?,83?,84+,85+/m1/s1. The molecule has 0 radical (unpaired) electrons. The number of hydrogen-bond acceptors (Lipinski definition) is 59. The lowest BCUT2D eigenvalue weighted by molar-refractivity contribution is -0.449. The number of amides is 4. The van der Waals surface area contributed by atoms with Crippen LogP contribution >= 0.6 is 0 Å². The molecule has 0 aromatic carbocycles. The van der Waals surface area contributed by atoms with Crippen molar-refractivity contribution in [2.24, 2.45) is 17.8 Å². The largest absolute Gasteiger partial charge is 0.410 e. The molecule has 11 aliphatic rings. The van der Waals surface area contributed by atoms with Crippen LogP contribution in [0.2, 0.25) is 0 Å². The summed E-state index contributed by atoms with van der Waals surface area (Å²) in [6, 6.07) is -7.41. The predicted molar refractivity (Wildman–Crippen MR) is 461 cm³/mol. The van der Waals surface area contributed by atoms with Crippen molar-refractivity contribution in [1.82, 2.24) is 21.3 Å². The molecule has 0 aromatic heterocycles. The van der Waals surface area contributed by atoms with Gasteiger partial charge in [0.25, 0.3) is 12.9 Å². The molecule has 0 aliphatic carbocycles.